The largest absolute Gasteiger partial charge is 0.361 e. The third-order valence-corrected chi connectivity index (χ3v) is 3.94. The maximum absolute atomic E-state index is 3.42. The second kappa shape index (κ2) is 5.12. The van der Waals surface area contributed by atoms with Crippen LogP contribution in [0.1, 0.15) is 24.9 Å². The fraction of sp³-hybridized carbons (Fsp3) is 0.467. The Balaban J connectivity index is 1.89. The fourth-order valence-corrected chi connectivity index (χ4v) is 2.97. The lowest BCUT2D eigenvalue weighted by Crippen LogP contribution is -2.45. The van der Waals surface area contributed by atoms with Crippen LogP contribution in [0.2, 0.25) is 0 Å². The van der Waals surface area contributed by atoms with Gasteiger partial charge in [0.1, 0.15) is 0 Å². The number of hydrogen-bond acceptors (Lipinski definition) is 2. The molecule has 2 aromatic rings. The monoisotopic (exact) mass is 243 g/mol. The number of nitrogens with one attached hydrogen (secondary N) is 2. The normalized spacial score (nSPS) is 19.2. The lowest BCUT2D eigenvalue weighted by atomic mass is 10.0. The Bertz CT molecular complexity index is 511. The molecule has 18 heavy (non-hydrogen) atoms. The number of piperazine rings is 1. The number of nitrogens with zero attached hydrogens (tertiary/aromatic N) is 1. The Morgan fingerprint density at radius 2 is 2.06 bits per heavy atom. The minimum absolute atomic E-state index is 0.555. The van der Waals surface area contributed by atoms with Crippen molar-refractivity contribution in [2.75, 3.05) is 26.2 Å². The van der Waals surface area contributed by atoms with Crippen molar-refractivity contribution >= 4 is 10.9 Å². The zero-order valence-corrected chi connectivity index (χ0v) is 10.9. The van der Waals surface area contributed by atoms with Crippen molar-refractivity contribution in [3.05, 3.63) is 36.0 Å². The van der Waals surface area contributed by atoms with E-state index in [0.29, 0.717) is 6.04 Å². The summed E-state index contributed by atoms with van der Waals surface area (Å²) in [6.45, 7) is 6.82. The second-order valence-corrected chi connectivity index (χ2v) is 5.03. The van der Waals surface area contributed by atoms with Crippen LogP contribution >= 0.6 is 0 Å². The molecule has 0 radical (unpaired) electrons. The molecule has 2 heterocycles. The van der Waals surface area contributed by atoms with Crippen LogP contribution in [0.4, 0.5) is 0 Å². The van der Waals surface area contributed by atoms with Gasteiger partial charge in [-0.3, -0.25) is 4.90 Å². The van der Waals surface area contributed by atoms with E-state index in [4.69, 9.17) is 0 Å². The molecule has 1 aliphatic heterocycles. The Morgan fingerprint density at radius 1 is 1.22 bits per heavy atom. The van der Waals surface area contributed by atoms with Gasteiger partial charge in [0.05, 0.1) is 0 Å². The molecule has 1 aromatic carbocycles. The number of aromatic nitrogens is 1. The van der Waals surface area contributed by atoms with Gasteiger partial charge in [-0.2, -0.15) is 0 Å². The first-order valence-corrected chi connectivity index (χ1v) is 6.90. The first-order chi connectivity index (χ1) is 8.88. The summed E-state index contributed by atoms with van der Waals surface area (Å²) in [5.74, 6) is 0. The maximum atomic E-state index is 3.42. The van der Waals surface area contributed by atoms with E-state index in [1.54, 1.807) is 0 Å². The molecule has 0 unspecified atom stereocenters. The summed E-state index contributed by atoms with van der Waals surface area (Å²) >= 11 is 0. The molecule has 0 spiro atoms. The molecule has 0 aliphatic carbocycles. The van der Waals surface area contributed by atoms with Crippen LogP contribution in [0.25, 0.3) is 10.9 Å². The highest BCUT2D eigenvalue weighted by molar-refractivity contribution is 5.79. The van der Waals surface area contributed by atoms with E-state index in [1.807, 2.05) is 6.20 Å². The smallest absolute Gasteiger partial charge is 0.0457 e. The van der Waals surface area contributed by atoms with Gasteiger partial charge in [0.2, 0.25) is 0 Å². The van der Waals surface area contributed by atoms with Crippen LogP contribution in [0.15, 0.2) is 30.5 Å². The molecule has 3 nitrogen and oxygen atoms in total. The van der Waals surface area contributed by atoms with Gasteiger partial charge >= 0.3 is 0 Å². The molecule has 1 atom stereocenters. The fourth-order valence-electron chi connectivity index (χ4n) is 2.97. The van der Waals surface area contributed by atoms with E-state index in [9.17, 15) is 0 Å². The molecule has 96 valence electrons. The van der Waals surface area contributed by atoms with Gasteiger partial charge in [-0.05, 0) is 29.5 Å². The average molecular weight is 243 g/mol. The lowest BCUT2D eigenvalue weighted by Gasteiger charge is -2.34. The summed E-state index contributed by atoms with van der Waals surface area (Å²) in [4.78, 5) is 5.91. The Morgan fingerprint density at radius 3 is 2.83 bits per heavy atom. The van der Waals surface area contributed by atoms with E-state index in [0.717, 1.165) is 26.2 Å². The molecule has 3 rings (SSSR count). The SMILES string of the molecule is CC[C@H](c1ccc2cc[nH]c2c1)N1CCNCC1. The third-order valence-electron chi connectivity index (χ3n) is 3.94. The number of hydrogen-bond donors (Lipinski definition) is 2. The minimum Gasteiger partial charge on any atom is -0.361 e. The molecule has 3 heteroatoms. The summed E-state index contributed by atoms with van der Waals surface area (Å²) in [7, 11) is 0. The second-order valence-electron chi connectivity index (χ2n) is 5.03. The number of benzene rings is 1. The van der Waals surface area contributed by atoms with Crippen molar-refractivity contribution in [3.8, 4) is 0 Å². The molecule has 1 saturated heterocycles. The molecule has 0 saturated carbocycles. The first-order valence-electron chi connectivity index (χ1n) is 6.90. The average Bonchev–Trinajstić information content (AvgIpc) is 2.88. The summed E-state index contributed by atoms with van der Waals surface area (Å²) in [6.07, 6.45) is 3.19. The van der Waals surface area contributed by atoms with Crippen LogP contribution in [-0.4, -0.2) is 36.1 Å². The van der Waals surface area contributed by atoms with Gasteiger partial charge in [-0.25, -0.2) is 0 Å². The zero-order chi connectivity index (χ0) is 12.4. The van der Waals surface area contributed by atoms with Crippen molar-refractivity contribution in [2.24, 2.45) is 0 Å². The quantitative estimate of drug-likeness (QED) is 0.868. The third kappa shape index (κ3) is 2.16. The van der Waals surface area contributed by atoms with Crippen LogP contribution in [0, 0.1) is 0 Å². The molecule has 0 amide bonds. The molecule has 2 N–H and O–H groups in total. The minimum atomic E-state index is 0.555. The highest BCUT2D eigenvalue weighted by Gasteiger charge is 2.20. The number of aromatic amines is 1. The molecular formula is C15H21N3. The van der Waals surface area contributed by atoms with E-state index >= 15 is 0 Å². The van der Waals surface area contributed by atoms with E-state index in [1.165, 1.54) is 22.9 Å². The van der Waals surface area contributed by atoms with Gasteiger partial charge in [-0.15, -0.1) is 0 Å². The molecule has 1 aromatic heterocycles. The number of fused-ring (bicyclic) bond motifs is 1. The first kappa shape index (κ1) is 11.8. The van der Waals surface area contributed by atoms with Crippen LogP contribution in [0.3, 0.4) is 0 Å². The predicted molar refractivity (Wildman–Crippen MR) is 75.8 cm³/mol. The standard InChI is InChI=1S/C15H21N3/c1-2-15(18-9-7-16-8-10-18)13-4-3-12-5-6-17-14(12)11-13/h3-6,11,15-17H,2,7-10H2,1H3/t15-/m1/s1. The lowest BCUT2D eigenvalue weighted by molar-refractivity contribution is 0.169. The van der Waals surface area contributed by atoms with Gasteiger partial charge in [0, 0.05) is 43.9 Å². The number of rotatable bonds is 3. The molecule has 1 fully saturated rings. The van der Waals surface area contributed by atoms with Gasteiger partial charge in [-0.1, -0.05) is 19.1 Å². The van der Waals surface area contributed by atoms with Gasteiger partial charge in [0.25, 0.3) is 0 Å². The van der Waals surface area contributed by atoms with E-state index in [2.05, 4.69) is 46.4 Å². The summed E-state index contributed by atoms with van der Waals surface area (Å²) < 4.78 is 0. The van der Waals surface area contributed by atoms with Crippen LogP contribution in [-0.2, 0) is 0 Å². The van der Waals surface area contributed by atoms with E-state index in [-0.39, 0.29) is 0 Å². The van der Waals surface area contributed by atoms with Gasteiger partial charge in [0.15, 0.2) is 0 Å². The Kier molecular flexibility index (Phi) is 3.35. The van der Waals surface area contributed by atoms with Crippen LogP contribution < -0.4 is 5.32 Å². The van der Waals surface area contributed by atoms with Crippen molar-refractivity contribution in [1.82, 2.24) is 15.2 Å². The highest BCUT2D eigenvalue weighted by atomic mass is 15.2. The number of H-pyrrole nitrogens is 1. The summed E-state index contributed by atoms with van der Waals surface area (Å²) in [6, 6.07) is 9.51. The maximum Gasteiger partial charge on any atom is 0.0457 e. The summed E-state index contributed by atoms with van der Waals surface area (Å²) in [5.41, 5.74) is 2.69. The predicted octanol–water partition coefficient (Wildman–Crippen LogP) is 2.52. The van der Waals surface area contributed by atoms with Crippen molar-refractivity contribution < 1.29 is 0 Å². The van der Waals surface area contributed by atoms with Gasteiger partial charge < -0.3 is 10.3 Å². The Hall–Kier alpha value is -1.32. The Labute approximate surface area is 108 Å². The zero-order valence-electron chi connectivity index (χ0n) is 10.9. The highest BCUT2D eigenvalue weighted by Crippen LogP contribution is 2.27. The van der Waals surface area contributed by atoms with Crippen LogP contribution in [0.5, 0.6) is 0 Å². The van der Waals surface area contributed by atoms with Crippen molar-refractivity contribution in [1.29, 1.82) is 0 Å². The molecular weight excluding hydrogens is 222 g/mol. The van der Waals surface area contributed by atoms with E-state index < -0.39 is 0 Å². The molecule has 1 aliphatic rings. The molecule has 0 bridgehead atoms. The topological polar surface area (TPSA) is 31.1 Å². The summed E-state index contributed by atoms with van der Waals surface area (Å²) in [5, 5.41) is 4.72. The van der Waals surface area contributed by atoms with Crippen molar-refractivity contribution in [2.45, 2.75) is 19.4 Å². The van der Waals surface area contributed by atoms with Crippen molar-refractivity contribution in [3.63, 3.8) is 0 Å².